The molecule has 0 aliphatic heterocycles. The topological polar surface area (TPSA) is 116 Å². The molecule has 9 heteroatoms. The highest BCUT2D eigenvalue weighted by Crippen LogP contribution is 2.40. The minimum atomic E-state index is -0.545. The van der Waals surface area contributed by atoms with Crippen molar-refractivity contribution >= 4 is 22.3 Å². The first-order valence-electron chi connectivity index (χ1n) is 7.53. The number of non-ortho nitro benzene ring substituents is 1. The Kier molecular flexibility index (Phi) is 4.44. The zero-order valence-corrected chi connectivity index (χ0v) is 14.0. The van der Waals surface area contributed by atoms with Crippen molar-refractivity contribution in [3.8, 4) is 17.4 Å². The maximum Gasteiger partial charge on any atom is 0.271 e. The largest absolute Gasteiger partial charge is 0.497 e. The molecule has 0 saturated carbocycles. The molecule has 134 valence electrons. The number of nitro groups is 1. The van der Waals surface area contributed by atoms with Gasteiger partial charge in [-0.3, -0.25) is 10.1 Å². The lowest BCUT2D eigenvalue weighted by Crippen LogP contribution is -2.00. The minimum absolute atomic E-state index is 0.132. The molecule has 0 spiro atoms. The molecule has 3 aromatic rings. The lowest BCUT2D eigenvalue weighted by molar-refractivity contribution is -0.384. The predicted octanol–water partition coefficient (Wildman–Crippen LogP) is 3.72. The second-order valence-corrected chi connectivity index (χ2v) is 5.53. The molecule has 0 saturated heterocycles. The van der Waals surface area contributed by atoms with Gasteiger partial charge < -0.3 is 19.1 Å². The van der Waals surface area contributed by atoms with Crippen molar-refractivity contribution in [2.75, 3.05) is 14.2 Å². The molecule has 1 aromatic heterocycles. The summed E-state index contributed by atoms with van der Waals surface area (Å²) < 4.78 is 11.8. The van der Waals surface area contributed by atoms with Gasteiger partial charge in [0.05, 0.1) is 31.2 Å². The Morgan fingerprint density at radius 3 is 2.35 bits per heavy atom. The van der Waals surface area contributed by atoms with E-state index in [2.05, 4.69) is 5.18 Å². The molecule has 0 bridgehead atoms. The SMILES string of the molecule is COc1cc(Cn2c(O)c(N=O)c3ccc([N+](=O)[O-])cc32)cc(OC)c1. The molecule has 9 nitrogen and oxygen atoms in total. The van der Waals surface area contributed by atoms with Crippen molar-refractivity contribution in [3.05, 3.63) is 57.0 Å². The molecule has 0 amide bonds. The summed E-state index contributed by atoms with van der Waals surface area (Å²) in [7, 11) is 3.03. The van der Waals surface area contributed by atoms with Gasteiger partial charge >= 0.3 is 0 Å². The highest BCUT2D eigenvalue weighted by molar-refractivity contribution is 5.96. The summed E-state index contributed by atoms with van der Waals surface area (Å²) in [5.41, 5.74) is 0.715. The number of hydrogen-bond acceptors (Lipinski definition) is 7. The molecule has 0 aliphatic rings. The van der Waals surface area contributed by atoms with Gasteiger partial charge in [-0.1, -0.05) is 0 Å². The van der Waals surface area contributed by atoms with Gasteiger partial charge in [0.2, 0.25) is 5.88 Å². The van der Waals surface area contributed by atoms with Crippen molar-refractivity contribution in [1.29, 1.82) is 0 Å². The van der Waals surface area contributed by atoms with E-state index >= 15 is 0 Å². The number of nitro benzene ring substituents is 1. The maximum absolute atomic E-state index is 11.1. The van der Waals surface area contributed by atoms with Crippen molar-refractivity contribution in [2.24, 2.45) is 5.18 Å². The van der Waals surface area contributed by atoms with Gasteiger partial charge in [0.25, 0.3) is 5.69 Å². The molecule has 1 N–H and O–H groups in total. The van der Waals surface area contributed by atoms with Gasteiger partial charge in [-0.05, 0) is 28.9 Å². The summed E-state index contributed by atoms with van der Waals surface area (Å²) in [6.45, 7) is 0.132. The molecule has 1 heterocycles. The molecule has 2 aromatic carbocycles. The first-order valence-corrected chi connectivity index (χ1v) is 7.53. The first-order chi connectivity index (χ1) is 12.5. The van der Waals surface area contributed by atoms with E-state index in [1.807, 2.05) is 0 Å². The first kappa shape index (κ1) is 17.2. The van der Waals surface area contributed by atoms with Crippen LogP contribution in [-0.2, 0) is 6.54 Å². The van der Waals surface area contributed by atoms with Crippen molar-refractivity contribution < 1.29 is 19.5 Å². The van der Waals surface area contributed by atoms with E-state index < -0.39 is 4.92 Å². The number of ether oxygens (including phenoxy) is 2. The van der Waals surface area contributed by atoms with Crippen molar-refractivity contribution in [1.82, 2.24) is 4.57 Å². The van der Waals surface area contributed by atoms with E-state index in [1.165, 1.54) is 37.0 Å². The number of nitrogens with zero attached hydrogens (tertiary/aromatic N) is 3. The third-order valence-corrected chi connectivity index (χ3v) is 4.05. The number of benzene rings is 2. The Bertz CT molecular complexity index is 989. The Balaban J connectivity index is 2.18. The summed E-state index contributed by atoms with van der Waals surface area (Å²) >= 11 is 0. The number of aromatic hydroxyl groups is 1. The van der Waals surface area contributed by atoms with Gasteiger partial charge in [0.1, 0.15) is 11.5 Å². The third-order valence-electron chi connectivity index (χ3n) is 4.05. The number of hydrogen-bond donors (Lipinski definition) is 1. The number of aromatic nitrogens is 1. The lowest BCUT2D eigenvalue weighted by Gasteiger charge is -2.11. The Labute approximate surface area is 147 Å². The Hall–Kier alpha value is -3.62. The molecule has 3 rings (SSSR count). The highest BCUT2D eigenvalue weighted by atomic mass is 16.6. The van der Waals surface area contributed by atoms with Gasteiger partial charge in [0.15, 0.2) is 5.69 Å². The highest BCUT2D eigenvalue weighted by Gasteiger charge is 2.20. The normalized spacial score (nSPS) is 10.7. The molecule has 0 atom stereocenters. The average molecular weight is 357 g/mol. The second kappa shape index (κ2) is 6.71. The van der Waals surface area contributed by atoms with Gasteiger partial charge in [-0.15, -0.1) is 4.91 Å². The molecular formula is C17H15N3O6. The molecule has 26 heavy (non-hydrogen) atoms. The predicted molar refractivity (Wildman–Crippen MR) is 94.4 cm³/mol. The van der Waals surface area contributed by atoms with Crippen LogP contribution < -0.4 is 9.47 Å². The molecule has 0 aliphatic carbocycles. The van der Waals surface area contributed by atoms with Crippen LogP contribution in [0.3, 0.4) is 0 Å². The van der Waals surface area contributed by atoms with Gasteiger partial charge in [-0.2, -0.15) is 0 Å². The molecule has 0 fully saturated rings. The van der Waals surface area contributed by atoms with Crippen molar-refractivity contribution in [2.45, 2.75) is 6.54 Å². The van der Waals surface area contributed by atoms with E-state index in [1.54, 1.807) is 18.2 Å². The zero-order valence-electron chi connectivity index (χ0n) is 14.0. The second-order valence-electron chi connectivity index (χ2n) is 5.53. The van der Waals surface area contributed by atoms with Crippen LogP contribution in [-0.4, -0.2) is 28.8 Å². The van der Waals surface area contributed by atoms with Crippen LogP contribution >= 0.6 is 0 Å². The van der Waals surface area contributed by atoms with E-state index in [-0.39, 0.29) is 23.8 Å². The molecule has 0 unspecified atom stereocenters. The average Bonchev–Trinajstić information content (AvgIpc) is 2.91. The minimum Gasteiger partial charge on any atom is -0.497 e. The molecule has 0 radical (unpaired) electrons. The third kappa shape index (κ3) is 2.90. The number of fused-ring (bicyclic) bond motifs is 1. The fraction of sp³-hybridized carbons (Fsp3) is 0.176. The quantitative estimate of drug-likeness (QED) is 0.408. The van der Waals surface area contributed by atoms with E-state index in [4.69, 9.17) is 9.47 Å². The summed E-state index contributed by atoms with van der Waals surface area (Å²) in [6.07, 6.45) is 0. The summed E-state index contributed by atoms with van der Waals surface area (Å²) in [6, 6.07) is 9.11. The maximum atomic E-state index is 11.1. The van der Waals surface area contributed by atoms with Crippen LogP contribution in [0.15, 0.2) is 41.6 Å². The Morgan fingerprint density at radius 1 is 1.15 bits per heavy atom. The van der Waals surface area contributed by atoms with Crippen LogP contribution in [0, 0.1) is 15.0 Å². The van der Waals surface area contributed by atoms with Crippen molar-refractivity contribution in [3.63, 3.8) is 0 Å². The van der Waals surface area contributed by atoms with Crippen LogP contribution in [0.4, 0.5) is 11.4 Å². The van der Waals surface area contributed by atoms with E-state index in [0.29, 0.717) is 28.0 Å². The number of nitroso groups, excluding NO2 is 1. The van der Waals surface area contributed by atoms with Crippen LogP contribution in [0.5, 0.6) is 17.4 Å². The summed E-state index contributed by atoms with van der Waals surface area (Å²) in [4.78, 5) is 21.6. The fourth-order valence-corrected chi connectivity index (χ4v) is 2.81. The smallest absolute Gasteiger partial charge is 0.271 e. The zero-order chi connectivity index (χ0) is 18.8. The van der Waals surface area contributed by atoms with Crippen LogP contribution in [0.25, 0.3) is 10.9 Å². The number of methoxy groups -OCH3 is 2. The van der Waals surface area contributed by atoms with Gasteiger partial charge in [0, 0.05) is 23.6 Å². The van der Waals surface area contributed by atoms with Gasteiger partial charge in [-0.25, -0.2) is 0 Å². The lowest BCUT2D eigenvalue weighted by atomic mass is 10.2. The monoisotopic (exact) mass is 357 g/mol. The summed E-state index contributed by atoms with van der Waals surface area (Å²) in [5.74, 6) is 0.738. The summed E-state index contributed by atoms with van der Waals surface area (Å²) in [5, 5.41) is 24.6. The van der Waals surface area contributed by atoms with Crippen LogP contribution in [0.1, 0.15) is 5.56 Å². The van der Waals surface area contributed by atoms with E-state index in [9.17, 15) is 20.1 Å². The fourth-order valence-electron chi connectivity index (χ4n) is 2.81. The Morgan fingerprint density at radius 2 is 1.81 bits per heavy atom. The molecular weight excluding hydrogens is 342 g/mol. The van der Waals surface area contributed by atoms with E-state index in [0.717, 1.165) is 0 Å². The van der Waals surface area contributed by atoms with Crippen LogP contribution in [0.2, 0.25) is 0 Å². The number of rotatable bonds is 6. The standard InChI is InChI=1S/C17H15N3O6/c1-25-12-5-10(6-13(8-12)26-2)9-19-15-7-11(20(23)24)3-4-14(15)16(18-22)17(19)21/h3-8,21H,9H2,1-2H3.